The predicted octanol–water partition coefficient (Wildman–Crippen LogP) is 5.54. The number of hydrogen-bond donors (Lipinski definition) is 3. The number of rotatable bonds is 7. The first-order valence-corrected chi connectivity index (χ1v) is 14.1. The molecule has 1 spiro atoms. The summed E-state index contributed by atoms with van der Waals surface area (Å²) in [5, 5.41) is 32.5. The molecule has 1 aromatic carbocycles. The molecule has 4 bridgehead atoms. The van der Waals surface area contributed by atoms with Crippen LogP contribution >= 0.6 is 0 Å². The van der Waals surface area contributed by atoms with Gasteiger partial charge in [-0.2, -0.15) is 0 Å². The number of fused-ring (bicyclic) bond motifs is 1. The third kappa shape index (κ3) is 3.94. The van der Waals surface area contributed by atoms with Crippen molar-refractivity contribution in [1.82, 2.24) is 0 Å². The number of allylic oxidation sites excluding steroid dienone is 5. The summed E-state index contributed by atoms with van der Waals surface area (Å²) in [6.45, 7) is 12.8. The molecule has 1 saturated carbocycles. The summed E-state index contributed by atoms with van der Waals surface area (Å²) < 4.78 is 13.5. The second kappa shape index (κ2) is 9.44. The highest BCUT2D eigenvalue weighted by Crippen LogP contribution is 2.68. The highest BCUT2D eigenvalue weighted by atomic mass is 16.6. The van der Waals surface area contributed by atoms with Gasteiger partial charge in [-0.1, -0.05) is 35.5 Å². The van der Waals surface area contributed by atoms with Crippen LogP contribution in [0.15, 0.2) is 46.6 Å². The molecule has 3 aliphatic carbocycles. The number of carbonyl (C=O) groups excluding carboxylic acids is 2. The third-order valence-corrected chi connectivity index (χ3v) is 9.15. The maximum atomic E-state index is 14.5. The van der Waals surface area contributed by atoms with Gasteiger partial charge in [-0.3, -0.25) is 9.59 Å². The minimum absolute atomic E-state index is 0.0291. The minimum atomic E-state index is -1.65. The van der Waals surface area contributed by atoms with E-state index in [2.05, 4.69) is 0 Å². The molecule has 0 aromatic heterocycles. The van der Waals surface area contributed by atoms with E-state index in [1.54, 1.807) is 6.08 Å². The lowest BCUT2D eigenvalue weighted by molar-refractivity contribution is -0.171. The number of carboxylic acids is 1. The lowest BCUT2D eigenvalue weighted by Crippen LogP contribution is -2.72. The summed E-state index contributed by atoms with van der Waals surface area (Å²) in [4.78, 5) is 40.2. The maximum absolute atomic E-state index is 14.5. The Kier molecular flexibility index (Phi) is 6.65. The Labute approximate surface area is 240 Å². The van der Waals surface area contributed by atoms with Crippen LogP contribution in [-0.2, 0) is 27.2 Å². The Morgan fingerprint density at radius 3 is 2.17 bits per heavy atom. The first-order chi connectivity index (χ1) is 19.1. The largest absolute Gasteiger partial charge is 0.507 e. The van der Waals surface area contributed by atoms with Crippen molar-refractivity contribution in [2.24, 2.45) is 11.8 Å². The fourth-order valence-corrected chi connectivity index (χ4v) is 7.14. The van der Waals surface area contributed by atoms with Crippen molar-refractivity contribution in [3.05, 3.63) is 63.3 Å². The molecule has 3 N–H and O–H groups in total. The van der Waals surface area contributed by atoms with Gasteiger partial charge in [0.2, 0.25) is 0 Å². The van der Waals surface area contributed by atoms with Crippen LogP contribution in [0.5, 0.6) is 17.2 Å². The van der Waals surface area contributed by atoms with Crippen LogP contribution in [0.25, 0.3) is 0 Å². The molecule has 8 heteroatoms. The smallest absolute Gasteiger partial charge is 0.330 e. The molecular weight excluding hydrogens is 524 g/mol. The SMILES string of the molecule is CC(C)=CCc1c(O)c(CC=C(C)C)c2c(c1O)C(=O)C1=CC3CC4C(C)(C)OC(C/C=C(\C)C(=O)O)(C3=O)C14O2. The fraction of sp³-hybridized carbons (Fsp3) is 0.485. The molecule has 1 saturated heterocycles. The third-order valence-electron chi connectivity index (χ3n) is 9.15. The van der Waals surface area contributed by atoms with Crippen LogP contribution in [0.2, 0.25) is 0 Å². The summed E-state index contributed by atoms with van der Waals surface area (Å²) >= 11 is 0. The van der Waals surface area contributed by atoms with Crippen LogP contribution in [0.1, 0.15) is 82.8 Å². The number of Topliss-reactive ketones (excluding diaryl/α,β-unsaturated/α-hetero) is 2. The topological polar surface area (TPSA) is 130 Å². The van der Waals surface area contributed by atoms with E-state index >= 15 is 0 Å². The summed E-state index contributed by atoms with van der Waals surface area (Å²) in [5.74, 6) is -3.32. The molecule has 4 unspecified atom stereocenters. The van der Waals surface area contributed by atoms with Gasteiger partial charge in [-0.05, 0) is 67.7 Å². The van der Waals surface area contributed by atoms with E-state index < -0.39 is 40.4 Å². The molecule has 0 radical (unpaired) electrons. The summed E-state index contributed by atoms with van der Waals surface area (Å²) in [7, 11) is 0. The maximum Gasteiger partial charge on any atom is 0.330 e. The molecule has 41 heavy (non-hydrogen) atoms. The lowest BCUT2D eigenvalue weighted by Gasteiger charge is -2.56. The van der Waals surface area contributed by atoms with Crippen LogP contribution in [0, 0.1) is 11.8 Å². The standard InChI is InChI=1S/C33H38O8/c1-16(2)8-10-20-25(34)21(11-9-17(3)4)28-24(26(20)35)27(36)22-14-19-15-23-31(6,7)41-32(29(19)37,33(22,23)40-28)13-12-18(5)30(38)39/h8-9,12,14,19,23,34-35H,10-11,13,15H2,1-7H3,(H,38,39)/b18-12+. The molecule has 8 nitrogen and oxygen atoms in total. The number of hydrogen-bond acceptors (Lipinski definition) is 7. The number of carbonyl (C=O) groups is 3. The van der Waals surface area contributed by atoms with Gasteiger partial charge in [0.25, 0.3) is 0 Å². The molecule has 2 heterocycles. The van der Waals surface area contributed by atoms with Crippen molar-refractivity contribution in [3.63, 3.8) is 0 Å². The minimum Gasteiger partial charge on any atom is -0.507 e. The van der Waals surface area contributed by atoms with Gasteiger partial charge in [-0.25, -0.2) is 4.79 Å². The lowest BCUT2D eigenvalue weighted by atomic mass is 9.51. The number of aromatic hydroxyl groups is 2. The van der Waals surface area contributed by atoms with Crippen molar-refractivity contribution >= 4 is 17.5 Å². The average Bonchev–Trinajstić information content (AvgIpc) is 3.03. The number of ether oxygens (including phenoxy) is 2. The van der Waals surface area contributed by atoms with Crippen molar-refractivity contribution in [3.8, 4) is 17.2 Å². The number of phenols is 2. The van der Waals surface area contributed by atoms with Crippen molar-refractivity contribution in [2.45, 2.75) is 91.0 Å². The summed E-state index contributed by atoms with van der Waals surface area (Å²) in [6, 6.07) is 0. The Hall–Kier alpha value is -3.65. The van der Waals surface area contributed by atoms with E-state index in [0.29, 0.717) is 12.0 Å². The van der Waals surface area contributed by atoms with E-state index in [-0.39, 0.29) is 64.6 Å². The van der Waals surface area contributed by atoms with E-state index in [1.165, 1.54) is 13.0 Å². The summed E-state index contributed by atoms with van der Waals surface area (Å²) in [5.41, 5.74) is -1.27. The zero-order chi connectivity index (χ0) is 30.2. The molecule has 5 aliphatic rings. The second-order valence-corrected chi connectivity index (χ2v) is 12.8. The average molecular weight is 563 g/mol. The second-order valence-electron chi connectivity index (χ2n) is 12.8. The fourth-order valence-electron chi connectivity index (χ4n) is 7.14. The first kappa shape index (κ1) is 28.9. The zero-order valence-corrected chi connectivity index (χ0v) is 24.7. The van der Waals surface area contributed by atoms with Crippen LogP contribution in [-0.4, -0.2) is 49.7 Å². The zero-order valence-electron chi connectivity index (χ0n) is 24.7. The number of carboxylic acid groups (broad SMARTS) is 1. The van der Waals surface area contributed by atoms with Crippen LogP contribution in [0.4, 0.5) is 0 Å². The van der Waals surface area contributed by atoms with Crippen molar-refractivity contribution < 1.29 is 39.2 Å². The Morgan fingerprint density at radius 1 is 0.976 bits per heavy atom. The van der Waals surface area contributed by atoms with Gasteiger partial charge >= 0.3 is 5.97 Å². The molecule has 218 valence electrons. The van der Waals surface area contributed by atoms with Crippen LogP contribution < -0.4 is 4.74 Å². The Morgan fingerprint density at radius 2 is 1.59 bits per heavy atom. The monoisotopic (exact) mass is 562 g/mol. The molecule has 6 rings (SSSR count). The molecule has 4 atom stereocenters. The predicted molar refractivity (Wildman–Crippen MR) is 152 cm³/mol. The van der Waals surface area contributed by atoms with Gasteiger partial charge < -0.3 is 24.8 Å². The van der Waals surface area contributed by atoms with Gasteiger partial charge in [-0.15, -0.1) is 0 Å². The van der Waals surface area contributed by atoms with Crippen LogP contribution in [0.3, 0.4) is 0 Å². The number of ketones is 2. The van der Waals surface area contributed by atoms with E-state index in [9.17, 15) is 29.7 Å². The first-order valence-electron chi connectivity index (χ1n) is 14.1. The highest BCUT2D eigenvalue weighted by molar-refractivity contribution is 6.18. The molecule has 2 aliphatic heterocycles. The van der Waals surface area contributed by atoms with Gasteiger partial charge in [0, 0.05) is 40.5 Å². The van der Waals surface area contributed by atoms with E-state index in [4.69, 9.17) is 9.47 Å². The van der Waals surface area contributed by atoms with Gasteiger partial charge in [0.15, 0.2) is 22.8 Å². The molecule has 0 amide bonds. The number of phenolic OH excluding ortho intramolecular Hbond substituents is 2. The van der Waals surface area contributed by atoms with Crippen molar-refractivity contribution in [2.75, 3.05) is 0 Å². The quantitative estimate of drug-likeness (QED) is 0.292. The molecular formula is C33H38O8. The Bertz CT molecular complexity index is 1510. The normalized spacial score (nSPS) is 28.9. The summed E-state index contributed by atoms with van der Waals surface area (Å²) in [6.07, 6.45) is 7.63. The number of benzene rings is 1. The molecule has 1 aromatic rings. The van der Waals surface area contributed by atoms with Gasteiger partial charge in [0.1, 0.15) is 22.8 Å². The van der Waals surface area contributed by atoms with E-state index in [1.807, 2.05) is 53.7 Å². The van der Waals surface area contributed by atoms with Crippen molar-refractivity contribution in [1.29, 1.82) is 0 Å². The molecule has 2 fully saturated rings. The Balaban J connectivity index is 1.81. The van der Waals surface area contributed by atoms with Gasteiger partial charge in [0.05, 0.1) is 5.60 Å². The van der Waals surface area contributed by atoms with E-state index in [0.717, 1.165) is 11.1 Å². The number of aliphatic carboxylic acids is 1. The highest BCUT2D eigenvalue weighted by Gasteiger charge is 2.81.